The summed E-state index contributed by atoms with van der Waals surface area (Å²) in [5.74, 6) is 1.67. The van der Waals surface area contributed by atoms with Crippen LogP contribution in [0.3, 0.4) is 0 Å². The van der Waals surface area contributed by atoms with Crippen LogP contribution in [0.2, 0.25) is 0 Å². The van der Waals surface area contributed by atoms with Crippen molar-refractivity contribution in [2.45, 2.75) is 32.7 Å². The van der Waals surface area contributed by atoms with Crippen LogP contribution in [-0.4, -0.2) is 52.7 Å². The lowest BCUT2D eigenvalue weighted by molar-refractivity contribution is 0.210. The Kier molecular flexibility index (Phi) is 8.28. The summed E-state index contributed by atoms with van der Waals surface area (Å²) in [7, 11) is 0. The highest BCUT2D eigenvalue weighted by atomic mass is 16.3. The lowest BCUT2D eigenvalue weighted by Gasteiger charge is -2.29. The van der Waals surface area contributed by atoms with Gasteiger partial charge < -0.3 is 15.7 Å². The van der Waals surface area contributed by atoms with Gasteiger partial charge in [-0.1, -0.05) is 37.3 Å². The van der Waals surface area contributed by atoms with Crippen LogP contribution in [0.15, 0.2) is 60.8 Å². The van der Waals surface area contributed by atoms with Gasteiger partial charge >= 0.3 is 0 Å². The third-order valence-corrected chi connectivity index (χ3v) is 6.28. The van der Waals surface area contributed by atoms with Crippen LogP contribution in [0.1, 0.15) is 30.9 Å². The number of hydrogen-bond acceptors (Lipinski definition) is 6. The molecule has 1 aromatic heterocycles. The second-order valence-electron chi connectivity index (χ2n) is 8.85. The van der Waals surface area contributed by atoms with Crippen molar-refractivity contribution in [3.8, 4) is 17.0 Å². The van der Waals surface area contributed by atoms with Gasteiger partial charge in [0, 0.05) is 31.4 Å². The number of nitrogens with zero attached hydrogens (tertiary/aromatic N) is 3. The molecule has 0 bridgehead atoms. The van der Waals surface area contributed by atoms with E-state index in [1.54, 1.807) is 12.1 Å². The molecule has 0 radical (unpaired) electrons. The van der Waals surface area contributed by atoms with Gasteiger partial charge in [0.25, 0.3) is 0 Å². The Morgan fingerprint density at radius 1 is 1.12 bits per heavy atom. The number of benzene rings is 2. The molecule has 2 heterocycles. The second-order valence-corrected chi connectivity index (χ2v) is 8.85. The number of phenolic OH excluding ortho intramolecular Hbond substituents is 1. The molecule has 1 saturated heterocycles. The number of piperidine rings is 1. The Bertz CT molecular complexity index is 1000. The maximum absolute atomic E-state index is 9.41. The van der Waals surface area contributed by atoms with E-state index in [0.29, 0.717) is 5.95 Å². The summed E-state index contributed by atoms with van der Waals surface area (Å²) in [6.45, 7) is 8.46. The summed E-state index contributed by atoms with van der Waals surface area (Å²) in [6.07, 6.45) is 5.27. The standard InChI is InChI=1S/C27H35N5O/c1-2-32(20-23-6-4-14-28-18-23)19-22-5-3-7-24(17-22)26-13-16-30-27(31-26)29-15-12-21-8-10-25(33)11-9-21/h3,5,7-11,13,16-17,23,28,33H,2,4,6,12,14-15,18-20H2,1H3,(H,29,30,31)/t23-/m0/s1. The molecule has 3 aromatic rings. The summed E-state index contributed by atoms with van der Waals surface area (Å²) < 4.78 is 0. The number of hydrogen-bond donors (Lipinski definition) is 3. The van der Waals surface area contributed by atoms with Crippen LogP contribution >= 0.6 is 0 Å². The molecule has 1 aliphatic heterocycles. The van der Waals surface area contributed by atoms with Gasteiger partial charge in [-0.15, -0.1) is 0 Å². The van der Waals surface area contributed by atoms with Gasteiger partial charge in [0.1, 0.15) is 5.75 Å². The molecule has 1 fully saturated rings. The fourth-order valence-corrected chi connectivity index (χ4v) is 4.42. The molecule has 1 aliphatic rings. The largest absolute Gasteiger partial charge is 0.508 e. The first-order valence-corrected chi connectivity index (χ1v) is 12.1. The van der Waals surface area contributed by atoms with E-state index in [1.165, 1.54) is 18.4 Å². The van der Waals surface area contributed by atoms with Crippen molar-refractivity contribution in [2.75, 3.05) is 38.0 Å². The molecule has 33 heavy (non-hydrogen) atoms. The van der Waals surface area contributed by atoms with Crippen molar-refractivity contribution in [3.63, 3.8) is 0 Å². The Morgan fingerprint density at radius 2 is 2.00 bits per heavy atom. The number of nitrogens with one attached hydrogen (secondary N) is 2. The van der Waals surface area contributed by atoms with Crippen LogP contribution in [0, 0.1) is 5.92 Å². The first kappa shape index (κ1) is 23.2. The van der Waals surface area contributed by atoms with Gasteiger partial charge in [0.2, 0.25) is 5.95 Å². The number of rotatable bonds is 10. The molecule has 4 rings (SSSR count). The van der Waals surface area contributed by atoms with E-state index in [9.17, 15) is 5.11 Å². The minimum absolute atomic E-state index is 0.290. The van der Waals surface area contributed by atoms with Crippen LogP contribution < -0.4 is 10.6 Å². The van der Waals surface area contributed by atoms with Crippen molar-refractivity contribution < 1.29 is 5.11 Å². The molecule has 0 aliphatic carbocycles. The predicted molar refractivity (Wildman–Crippen MR) is 134 cm³/mol. The van der Waals surface area contributed by atoms with Crippen molar-refractivity contribution in [1.29, 1.82) is 0 Å². The maximum Gasteiger partial charge on any atom is 0.223 e. The van der Waals surface area contributed by atoms with E-state index in [4.69, 9.17) is 4.98 Å². The molecule has 3 N–H and O–H groups in total. The lowest BCUT2D eigenvalue weighted by atomic mass is 9.98. The Labute approximate surface area is 197 Å². The first-order chi connectivity index (χ1) is 16.2. The van der Waals surface area contributed by atoms with Gasteiger partial charge in [-0.05, 0) is 80.2 Å². The Balaban J connectivity index is 1.36. The topological polar surface area (TPSA) is 73.3 Å². The van der Waals surface area contributed by atoms with Crippen LogP contribution in [0.5, 0.6) is 5.75 Å². The highest BCUT2D eigenvalue weighted by molar-refractivity contribution is 5.60. The highest BCUT2D eigenvalue weighted by Crippen LogP contribution is 2.21. The minimum Gasteiger partial charge on any atom is -0.508 e. The van der Waals surface area contributed by atoms with Gasteiger partial charge in [0.05, 0.1) is 5.69 Å². The average Bonchev–Trinajstić information content (AvgIpc) is 2.86. The summed E-state index contributed by atoms with van der Waals surface area (Å²) in [5, 5.41) is 16.3. The van der Waals surface area contributed by atoms with Crippen molar-refractivity contribution in [3.05, 3.63) is 71.9 Å². The van der Waals surface area contributed by atoms with Crippen molar-refractivity contribution in [2.24, 2.45) is 5.92 Å². The molecular formula is C27H35N5O. The summed E-state index contributed by atoms with van der Waals surface area (Å²) >= 11 is 0. The van der Waals surface area contributed by atoms with Crippen molar-refractivity contribution in [1.82, 2.24) is 20.2 Å². The molecule has 0 saturated carbocycles. The zero-order chi connectivity index (χ0) is 22.9. The smallest absolute Gasteiger partial charge is 0.223 e. The molecule has 174 valence electrons. The summed E-state index contributed by atoms with van der Waals surface area (Å²) in [4.78, 5) is 11.7. The van der Waals surface area contributed by atoms with E-state index >= 15 is 0 Å². The molecule has 6 nitrogen and oxygen atoms in total. The normalized spacial score (nSPS) is 16.1. The molecule has 0 amide bonds. The fraction of sp³-hybridized carbons (Fsp3) is 0.407. The van der Waals surface area contributed by atoms with E-state index in [0.717, 1.165) is 68.4 Å². The van der Waals surface area contributed by atoms with Gasteiger partial charge in [0.15, 0.2) is 0 Å². The monoisotopic (exact) mass is 445 g/mol. The molecule has 1 atom stereocenters. The summed E-state index contributed by atoms with van der Waals surface area (Å²) in [6, 6.07) is 18.0. The Hall–Kier alpha value is -2.96. The third-order valence-electron chi connectivity index (χ3n) is 6.28. The molecule has 0 unspecified atom stereocenters. The zero-order valence-corrected chi connectivity index (χ0v) is 19.5. The number of anilines is 1. The molecule has 2 aromatic carbocycles. The number of aromatic nitrogens is 2. The van der Waals surface area contributed by atoms with E-state index < -0.39 is 0 Å². The minimum atomic E-state index is 0.290. The maximum atomic E-state index is 9.41. The van der Waals surface area contributed by atoms with Crippen LogP contribution in [0.25, 0.3) is 11.3 Å². The average molecular weight is 446 g/mol. The van der Waals surface area contributed by atoms with Gasteiger partial charge in [-0.2, -0.15) is 0 Å². The van der Waals surface area contributed by atoms with Crippen LogP contribution in [-0.2, 0) is 13.0 Å². The number of phenols is 1. The van der Waals surface area contributed by atoms with Crippen molar-refractivity contribution >= 4 is 5.95 Å². The van der Waals surface area contributed by atoms with Crippen LogP contribution in [0.4, 0.5) is 5.95 Å². The van der Waals surface area contributed by atoms with Gasteiger partial charge in [-0.25, -0.2) is 9.97 Å². The Morgan fingerprint density at radius 3 is 2.79 bits per heavy atom. The van der Waals surface area contributed by atoms with E-state index in [2.05, 4.69) is 51.7 Å². The second kappa shape index (κ2) is 11.8. The SMILES string of the molecule is CCN(Cc1cccc(-c2ccnc(NCCc3ccc(O)cc3)n2)c1)C[C@H]1CCCNC1. The van der Waals surface area contributed by atoms with E-state index in [1.807, 2.05) is 24.4 Å². The van der Waals surface area contributed by atoms with E-state index in [-0.39, 0.29) is 5.75 Å². The lowest BCUT2D eigenvalue weighted by Crippen LogP contribution is -2.38. The molecular weight excluding hydrogens is 410 g/mol. The quantitative estimate of drug-likeness (QED) is 0.432. The number of aromatic hydroxyl groups is 1. The third kappa shape index (κ3) is 7.01. The summed E-state index contributed by atoms with van der Waals surface area (Å²) in [5.41, 5.74) is 4.53. The highest BCUT2D eigenvalue weighted by Gasteiger charge is 2.16. The fourth-order valence-electron chi connectivity index (χ4n) is 4.42. The first-order valence-electron chi connectivity index (χ1n) is 12.1. The predicted octanol–water partition coefficient (Wildman–Crippen LogP) is 4.33. The van der Waals surface area contributed by atoms with Gasteiger partial charge in [-0.3, -0.25) is 4.90 Å². The molecule has 0 spiro atoms. The molecule has 6 heteroatoms. The zero-order valence-electron chi connectivity index (χ0n) is 19.5.